The summed E-state index contributed by atoms with van der Waals surface area (Å²) in [6, 6.07) is 0. The van der Waals surface area contributed by atoms with Crippen molar-refractivity contribution in [2.75, 3.05) is 26.2 Å². The minimum atomic E-state index is 0.395. The third-order valence-corrected chi connectivity index (χ3v) is 5.36. The summed E-state index contributed by atoms with van der Waals surface area (Å²) in [5.41, 5.74) is 0.395. The van der Waals surface area contributed by atoms with Crippen molar-refractivity contribution in [3.63, 3.8) is 0 Å². The van der Waals surface area contributed by atoms with Crippen molar-refractivity contribution in [1.29, 1.82) is 0 Å². The highest BCUT2D eigenvalue weighted by Crippen LogP contribution is 2.28. The second kappa shape index (κ2) is 6.91. The number of hydrogen-bond donors (Lipinski definition) is 1. The smallest absolute Gasteiger partial charge is 0.0303 e. The Labute approximate surface area is 114 Å². The zero-order chi connectivity index (χ0) is 12.8. The minimum Gasteiger partial charge on any atom is -0.310 e. The van der Waals surface area contributed by atoms with E-state index < -0.39 is 0 Å². The van der Waals surface area contributed by atoms with Crippen molar-refractivity contribution in [2.45, 2.75) is 70.8 Å². The molecule has 2 heteroatoms. The fourth-order valence-electron chi connectivity index (χ4n) is 3.80. The van der Waals surface area contributed by atoms with E-state index in [1.165, 1.54) is 77.5 Å². The second-order valence-electron chi connectivity index (χ2n) is 6.48. The Morgan fingerprint density at radius 3 is 2.50 bits per heavy atom. The molecule has 0 unspecified atom stereocenters. The van der Waals surface area contributed by atoms with Crippen LogP contribution < -0.4 is 5.32 Å². The topological polar surface area (TPSA) is 15.3 Å². The van der Waals surface area contributed by atoms with Crippen LogP contribution in [0, 0.1) is 5.92 Å². The SMILES string of the molecule is CCC1(CC)CN(CCC2CCCC2)CCCN1. The van der Waals surface area contributed by atoms with Gasteiger partial charge in [-0.15, -0.1) is 0 Å². The Hall–Kier alpha value is -0.0800. The third-order valence-electron chi connectivity index (χ3n) is 5.36. The highest BCUT2D eigenvalue weighted by Gasteiger charge is 2.30. The molecular weight excluding hydrogens is 220 g/mol. The van der Waals surface area contributed by atoms with Crippen molar-refractivity contribution in [1.82, 2.24) is 10.2 Å². The molecule has 1 heterocycles. The maximum atomic E-state index is 3.81. The van der Waals surface area contributed by atoms with Crippen LogP contribution in [-0.2, 0) is 0 Å². The summed E-state index contributed by atoms with van der Waals surface area (Å²) in [6.07, 6.45) is 11.3. The second-order valence-corrected chi connectivity index (χ2v) is 6.48. The summed E-state index contributed by atoms with van der Waals surface area (Å²) in [7, 11) is 0. The Kier molecular flexibility index (Phi) is 5.50. The predicted molar refractivity (Wildman–Crippen MR) is 78.9 cm³/mol. The number of nitrogens with zero attached hydrogens (tertiary/aromatic N) is 1. The van der Waals surface area contributed by atoms with E-state index in [0.717, 1.165) is 5.92 Å². The molecule has 2 nitrogen and oxygen atoms in total. The van der Waals surface area contributed by atoms with E-state index in [1.54, 1.807) is 0 Å². The van der Waals surface area contributed by atoms with E-state index in [2.05, 4.69) is 24.1 Å². The maximum Gasteiger partial charge on any atom is 0.0303 e. The molecule has 1 aliphatic heterocycles. The summed E-state index contributed by atoms with van der Waals surface area (Å²) in [5, 5.41) is 3.81. The molecule has 0 aromatic heterocycles. The van der Waals surface area contributed by atoms with Gasteiger partial charge >= 0.3 is 0 Å². The fraction of sp³-hybridized carbons (Fsp3) is 1.00. The fourth-order valence-corrected chi connectivity index (χ4v) is 3.80. The Morgan fingerprint density at radius 2 is 1.83 bits per heavy atom. The van der Waals surface area contributed by atoms with E-state index in [-0.39, 0.29) is 0 Å². The molecule has 0 atom stereocenters. The van der Waals surface area contributed by atoms with Gasteiger partial charge in [-0.2, -0.15) is 0 Å². The first kappa shape index (κ1) is 14.3. The standard InChI is InChI=1S/C16H32N2/c1-3-16(4-2)14-18(12-7-11-17-16)13-10-15-8-5-6-9-15/h15,17H,3-14H2,1-2H3. The Morgan fingerprint density at radius 1 is 1.11 bits per heavy atom. The molecule has 1 aliphatic carbocycles. The third kappa shape index (κ3) is 3.71. The molecule has 0 spiro atoms. The van der Waals surface area contributed by atoms with E-state index >= 15 is 0 Å². The van der Waals surface area contributed by atoms with E-state index in [9.17, 15) is 0 Å². The first-order valence-corrected chi connectivity index (χ1v) is 8.25. The van der Waals surface area contributed by atoms with Gasteiger partial charge in [0, 0.05) is 12.1 Å². The van der Waals surface area contributed by atoms with Crippen LogP contribution in [0.2, 0.25) is 0 Å². The zero-order valence-electron chi connectivity index (χ0n) is 12.5. The lowest BCUT2D eigenvalue weighted by molar-refractivity contribution is 0.187. The van der Waals surface area contributed by atoms with Gasteiger partial charge in [-0.3, -0.25) is 0 Å². The van der Waals surface area contributed by atoms with Crippen LogP contribution >= 0.6 is 0 Å². The molecular formula is C16H32N2. The quantitative estimate of drug-likeness (QED) is 0.806. The molecule has 2 rings (SSSR count). The molecule has 2 aliphatic rings. The normalized spacial score (nSPS) is 26.3. The van der Waals surface area contributed by atoms with Crippen molar-refractivity contribution in [3.05, 3.63) is 0 Å². The number of rotatable bonds is 5. The molecule has 0 bridgehead atoms. The lowest BCUT2D eigenvalue weighted by atomic mass is 9.92. The van der Waals surface area contributed by atoms with Gasteiger partial charge in [-0.1, -0.05) is 39.5 Å². The van der Waals surface area contributed by atoms with Gasteiger partial charge in [0.05, 0.1) is 0 Å². The van der Waals surface area contributed by atoms with E-state index in [1.807, 2.05) is 0 Å². The molecule has 106 valence electrons. The van der Waals surface area contributed by atoms with Crippen LogP contribution in [0.1, 0.15) is 65.2 Å². The van der Waals surface area contributed by atoms with Crippen LogP contribution in [0.25, 0.3) is 0 Å². The van der Waals surface area contributed by atoms with Gasteiger partial charge in [-0.25, -0.2) is 0 Å². The molecule has 18 heavy (non-hydrogen) atoms. The monoisotopic (exact) mass is 252 g/mol. The average molecular weight is 252 g/mol. The molecule has 1 saturated heterocycles. The van der Waals surface area contributed by atoms with Crippen molar-refractivity contribution < 1.29 is 0 Å². The highest BCUT2D eigenvalue weighted by molar-refractivity contribution is 4.91. The van der Waals surface area contributed by atoms with E-state index in [0.29, 0.717) is 5.54 Å². The average Bonchev–Trinajstić information content (AvgIpc) is 2.83. The largest absolute Gasteiger partial charge is 0.310 e. The van der Waals surface area contributed by atoms with Crippen LogP contribution in [-0.4, -0.2) is 36.6 Å². The Bertz CT molecular complexity index is 229. The zero-order valence-corrected chi connectivity index (χ0v) is 12.5. The summed E-state index contributed by atoms with van der Waals surface area (Å²) in [6.45, 7) is 9.82. The maximum absolute atomic E-state index is 3.81. The predicted octanol–water partition coefficient (Wildman–Crippen LogP) is 3.42. The lowest BCUT2D eigenvalue weighted by Crippen LogP contribution is -2.50. The molecule has 0 radical (unpaired) electrons. The lowest BCUT2D eigenvalue weighted by Gasteiger charge is -2.35. The molecule has 0 aromatic rings. The summed E-state index contributed by atoms with van der Waals surface area (Å²) in [5.74, 6) is 1.04. The Balaban J connectivity index is 1.82. The van der Waals surface area contributed by atoms with Gasteiger partial charge in [0.2, 0.25) is 0 Å². The van der Waals surface area contributed by atoms with Gasteiger partial charge in [-0.05, 0) is 51.2 Å². The van der Waals surface area contributed by atoms with Crippen molar-refractivity contribution >= 4 is 0 Å². The molecule has 0 aromatic carbocycles. The number of nitrogens with one attached hydrogen (secondary N) is 1. The van der Waals surface area contributed by atoms with Gasteiger partial charge < -0.3 is 10.2 Å². The summed E-state index contributed by atoms with van der Waals surface area (Å²) < 4.78 is 0. The minimum absolute atomic E-state index is 0.395. The van der Waals surface area contributed by atoms with Crippen LogP contribution in [0.15, 0.2) is 0 Å². The first-order chi connectivity index (χ1) is 8.78. The summed E-state index contributed by atoms with van der Waals surface area (Å²) >= 11 is 0. The van der Waals surface area contributed by atoms with Gasteiger partial charge in [0.15, 0.2) is 0 Å². The number of hydrogen-bond acceptors (Lipinski definition) is 2. The van der Waals surface area contributed by atoms with Crippen molar-refractivity contribution in [3.8, 4) is 0 Å². The summed E-state index contributed by atoms with van der Waals surface area (Å²) in [4.78, 5) is 2.74. The van der Waals surface area contributed by atoms with Crippen LogP contribution in [0.5, 0.6) is 0 Å². The highest BCUT2D eigenvalue weighted by atomic mass is 15.2. The molecule has 2 fully saturated rings. The molecule has 1 saturated carbocycles. The molecule has 1 N–H and O–H groups in total. The van der Waals surface area contributed by atoms with Crippen LogP contribution in [0.3, 0.4) is 0 Å². The first-order valence-electron chi connectivity index (χ1n) is 8.25. The van der Waals surface area contributed by atoms with Gasteiger partial charge in [0.25, 0.3) is 0 Å². The van der Waals surface area contributed by atoms with Gasteiger partial charge in [0.1, 0.15) is 0 Å². The van der Waals surface area contributed by atoms with E-state index in [4.69, 9.17) is 0 Å². The van der Waals surface area contributed by atoms with Crippen LogP contribution in [0.4, 0.5) is 0 Å². The van der Waals surface area contributed by atoms with Crippen molar-refractivity contribution in [2.24, 2.45) is 5.92 Å². The molecule has 0 amide bonds.